The van der Waals surface area contributed by atoms with Gasteiger partial charge in [0.2, 0.25) is 0 Å². The second-order valence-corrected chi connectivity index (χ2v) is 9.06. The molecule has 1 amide bonds. The highest BCUT2D eigenvalue weighted by atomic mass is 32.2. The number of hydrogen-bond donors (Lipinski definition) is 2. The Balaban J connectivity index is 1.85. The van der Waals surface area contributed by atoms with Crippen molar-refractivity contribution in [1.29, 1.82) is 0 Å². The molecule has 2 N–H and O–H groups in total. The lowest BCUT2D eigenvalue weighted by molar-refractivity contribution is -0.141. The first kappa shape index (κ1) is 21.0. The van der Waals surface area contributed by atoms with E-state index in [-0.39, 0.29) is 18.2 Å². The zero-order valence-corrected chi connectivity index (χ0v) is 17.6. The third kappa shape index (κ3) is 4.03. The number of hydrogen-bond acceptors (Lipinski definition) is 3. The minimum Gasteiger partial charge on any atom is -0.480 e. The van der Waals surface area contributed by atoms with Crippen molar-refractivity contribution in [1.82, 2.24) is 4.90 Å². The second kappa shape index (κ2) is 8.86. The van der Waals surface area contributed by atoms with Gasteiger partial charge in [-0.2, -0.15) is 0 Å². The van der Waals surface area contributed by atoms with Gasteiger partial charge in [0, 0.05) is 11.8 Å². The van der Waals surface area contributed by atoms with Crippen LogP contribution in [0.2, 0.25) is 0 Å². The highest BCUT2D eigenvalue weighted by Crippen LogP contribution is 2.52. The number of rotatable bonds is 6. The summed E-state index contributed by atoms with van der Waals surface area (Å²) in [6.45, 7) is 0.172. The summed E-state index contributed by atoms with van der Waals surface area (Å²) in [6, 6.07) is 29.3. The molecule has 0 bridgehead atoms. The molecule has 0 saturated carbocycles. The lowest BCUT2D eigenvalue weighted by atomic mass is 9.84. The maximum Gasteiger partial charge on any atom is 0.408 e. The van der Waals surface area contributed by atoms with Crippen LogP contribution in [0.1, 0.15) is 23.1 Å². The normalized spacial score (nSPS) is 18.6. The van der Waals surface area contributed by atoms with Gasteiger partial charge in [-0.3, -0.25) is 4.90 Å². The summed E-state index contributed by atoms with van der Waals surface area (Å²) >= 11 is 1.63. The maximum absolute atomic E-state index is 11.7. The number of aliphatic carboxylic acids is 1. The van der Waals surface area contributed by atoms with Crippen LogP contribution in [-0.4, -0.2) is 45.0 Å². The van der Waals surface area contributed by atoms with Gasteiger partial charge >= 0.3 is 12.1 Å². The Morgan fingerprint density at radius 2 is 1.19 bits per heavy atom. The predicted octanol–water partition coefficient (Wildman–Crippen LogP) is 4.92. The fourth-order valence-corrected chi connectivity index (χ4v) is 6.13. The fraction of sp³-hybridized carbons (Fsp3) is 0.200. The third-order valence-corrected chi connectivity index (χ3v) is 7.41. The number of nitrogens with zero attached hydrogens (tertiary/aromatic N) is 1. The SMILES string of the molecule is O=C(O)C1CC(SC(c2ccccc2)(c2ccccc2)c2ccccc2)CN1C(=O)O. The summed E-state index contributed by atoms with van der Waals surface area (Å²) in [7, 11) is 0. The minimum atomic E-state index is -1.19. The summed E-state index contributed by atoms with van der Waals surface area (Å²) < 4.78 is -0.605. The Labute approximate surface area is 185 Å². The van der Waals surface area contributed by atoms with E-state index in [0.717, 1.165) is 21.6 Å². The molecule has 2 atom stereocenters. The van der Waals surface area contributed by atoms with E-state index >= 15 is 0 Å². The van der Waals surface area contributed by atoms with Gasteiger partial charge in [0.1, 0.15) is 6.04 Å². The van der Waals surface area contributed by atoms with Gasteiger partial charge in [0.15, 0.2) is 0 Å². The minimum absolute atomic E-state index is 0.172. The molecule has 0 aromatic heterocycles. The van der Waals surface area contributed by atoms with E-state index in [0.29, 0.717) is 0 Å². The molecule has 1 heterocycles. The lowest BCUT2D eigenvalue weighted by Crippen LogP contribution is -2.39. The quantitative estimate of drug-likeness (QED) is 0.540. The molecule has 4 rings (SSSR count). The number of thioether (sulfide) groups is 1. The molecule has 1 fully saturated rings. The number of carboxylic acids is 1. The zero-order chi connectivity index (χ0) is 21.8. The van der Waals surface area contributed by atoms with Crippen molar-refractivity contribution in [3.8, 4) is 0 Å². The van der Waals surface area contributed by atoms with Crippen LogP contribution in [0.4, 0.5) is 4.79 Å². The molecule has 1 aliphatic rings. The molecule has 5 nitrogen and oxygen atoms in total. The summed E-state index contributed by atoms with van der Waals surface area (Å²) in [5, 5.41) is 19.0. The highest BCUT2D eigenvalue weighted by molar-refractivity contribution is 8.01. The maximum atomic E-state index is 11.7. The molecule has 1 aliphatic heterocycles. The smallest absolute Gasteiger partial charge is 0.408 e. The van der Waals surface area contributed by atoms with Crippen molar-refractivity contribution >= 4 is 23.8 Å². The number of likely N-dealkylation sites (tertiary alicyclic amines) is 1. The van der Waals surface area contributed by atoms with Gasteiger partial charge in [-0.15, -0.1) is 11.8 Å². The monoisotopic (exact) mass is 433 g/mol. The second-order valence-electron chi connectivity index (χ2n) is 7.54. The lowest BCUT2D eigenvalue weighted by Gasteiger charge is -2.37. The Hall–Kier alpha value is -3.25. The van der Waals surface area contributed by atoms with Crippen molar-refractivity contribution in [3.63, 3.8) is 0 Å². The summed E-state index contributed by atoms with van der Waals surface area (Å²) in [6.07, 6.45) is -0.930. The van der Waals surface area contributed by atoms with E-state index in [2.05, 4.69) is 36.4 Å². The third-order valence-electron chi connectivity index (χ3n) is 5.68. The van der Waals surface area contributed by atoms with Crippen molar-refractivity contribution in [2.75, 3.05) is 6.54 Å². The topological polar surface area (TPSA) is 77.8 Å². The molecular weight excluding hydrogens is 410 g/mol. The van der Waals surface area contributed by atoms with E-state index in [4.69, 9.17) is 0 Å². The Kier molecular flexibility index (Phi) is 6.00. The van der Waals surface area contributed by atoms with Crippen LogP contribution in [-0.2, 0) is 9.54 Å². The standard InChI is InChI=1S/C25H23NO4S/c27-23(28)22-16-21(17-26(22)24(29)30)31-25(18-10-4-1-5-11-18,19-12-6-2-7-13-19)20-14-8-3-9-15-20/h1-15,21-22H,16-17H2,(H,27,28)(H,29,30). The average Bonchev–Trinajstić information content (AvgIpc) is 3.24. The van der Waals surface area contributed by atoms with E-state index in [9.17, 15) is 19.8 Å². The molecule has 158 valence electrons. The molecule has 0 radical (unpaired) electrons. The Morgan fingerprint density at radius 1 is 0.774 bits per heavy atom. The first-order valence-electron chi connectivity index (χ1n) is 10.1. The van der Waals surface area contributed by atoms with E-state index in [1.165, 1.54) is 0 Å². The molecule has 31 heavy (non-hydrogen) atoms. The van der Waals surface area contributed by atoms with Crippen LogP contribution in [0.5, 0.6) is 0 Å². The van der Waals surface area contributed by atoms with Crippen molar-refractivity contribution in [3.05, 3.63) is 108 Å². The number of carbonyl (C=O) groups is 2. The predicted molar refractivity (Wildman–Crippen MR) is 121 cm³/mol. The van der Waals surface area contributed by atoms with E-state index in [1.807, 2.05) is 54.6 Å². The van der Waals surface area contributed by atoms with Gasteiger partial charge in [0.25, 0.3) is 0 Å². The Bertz CT molecular complexity index is 924. The zero-order valence-electron chi connectivity index (χ0n) is 16.8. The van der Waals surface area contributed by atoms with Crippen LogP contribution in [0, 0.1) is 0 Å². The fourth-order valence-electron chi connectivity index (χ4n) is 4.30. The van der Waals surface area contributed by atoms with Gasteiger partial charge < -0.3 is 10.2 Å². The first-order valence-corrected chi connectivity index (χ1v) is 11.0. The van der Waals surface area contributed by atoms with E-state index < -0.39 is 22.9 Å². The van der Waals surface area contributed by atoms with Crippen molar-refractivity contribution < 1.29 is 19.8 Å². The molecule has 6 heteroatoms. The van der Waals surface area contributed by atoms with Crippen LogP contribution in [0.15, 0.2) is 91.0 Å². The van der Waals surface area contributed by atoms with Gasteiger partial charge in [-0.1, -0.05) is 91.0 Å². The molecule has 3 aromatic rings. The number of benzene rings is 3. The highest BCUT2D eigenvalue weighted by Gasteiger charge is 2.46. The van der Waals surface area contributed by atoms with Gasteiger partial charge in [-0.25, -0.2) is 9.59 Å². The molecule has 0 aliphatic carbocycles. The van der Waals surface area contributed by atoms with Crippen LogP contribution >= 0.6 is 11.8 Å². The van der Waals surface area contributed by atoms with Crippen LogP contribution in [0.25, 0.3) is 0 Å². The van der Waals surface area contributed by atoms with E-state index in [1.54, 1.807) is 11.8 Å². The van der Waals surface area contributed by atoms with Crippen molar-refractivity contribution in [2.24, 2.45) is 0 Å². The summed E-state index contributed by atoms with van der Waals surface area (Å²) in [5.41, 5.74) is 3.20. The van der Waals surface area contributed by atoms with Crippen molar-refractivity contribution in [2.45, 2.75) is 22.5 Å². The molecule has 1 saturated heterocycles. The van der Waals surface area contributed by atoms with Gasteiger partial charge in [-0.05, 0) is 23.1 Å². The summed E-state index contributed by atoms with van der Waals surface area (Å²) in [5.74, 6) is -1.10. The Morgan fingerprint density at radius 3 is 1.52 bits per heavy atom. The van der Waals surface area contributed by atoms with Crippen LogP contribution in [0.3, 0.4) is 0 Å². The number of amides is 1. The van der Waals surface area contributed by atoms with Crippen LogP contribution < -0.4 is 0 Å². The first-order chi connectivity index (χ1) is 15.0. The molecule has 0 spiro atoms. The largest absolute Gasteiger partial charge is 0.480 e. The van der Waals surface area contributed by atoms with Gasteiger partial charge in [0.05, 0.1) is 4.75 Å². The molecule has 2 unspecified atom stereocenters. The molecule has 3 aromatic carbocycles. The summed E-state index contributed by atoms with van der Waals surface area (Å²) in [4.78, 5) is 24.5. The number of carboxylic acid groups (broad SMARTS) is 2. The molecular formula is C25H23NO4S. The average molecular weight is 434 g/mol.